The zero-order chi connectivity index (χ0) is 27.6. The molecule has 0 aliphatic carbocycles. The van der Waals surface area contributed by atoms with Crippen LogP contribution in [-0.4, -0.2) is 50.3 Å². The van der Waals surface area contributed by atoms with Crippen LogP contribution in [0.4, 0.5) is 8.78 Å². The number of fused-ring (bicyclic) bond motifs is 4. The molecule has 0 N–H and O–H groups in total. The summed E-state index contributed by atoms with van der Waals surface area (Å²) in [6.07, 6.45) is -3.25. The van der Waals surface area contributed by atoms with E-state index < -0.39 is 12.3 Å². The first kappa shape index (κ1) is 25.1. The van der Waals surface area contributed by atoms with Gasteiger partial charge in [-0.3, -0.25) is 14.3 Å². The first-order chi connectivity index (χ1) is 18.6. The fourth-order valence-electron chi connectivity index (χ4n) is 5.39. The molecular weight excluding hydrogens is 532 g/mol. The summed E-state index contributed by atoms with van der Waals surface area (Å²) in [5.74, 6) is -0.673. The van der Waals surface area contributed by atoms with Gasteiger partial charge in [0.2, 0.25) is 0 Å². The Morgan fingerprint density at radius 3 is 2.74 bits per heavy atom. The van der Waals surface area contributed by atoms with Crippen molar-refractivity contribution in [2.24, 2.45) is 0 Å². The fourth-order valence-corrected chi connectivity index (χ4v) is 5.55. The van der Waals surface area contributed by atoms with Crippen LogP contribution in [0.25, 0.3) is 0 Å². The second-order valence-electron chi connectivity index (χ2n) is 9.84. The lowest BCUT2D eigenvalue weighted by molar-refractivity contribution is -0.286. The molecule has 0 fully saturated rings. The number of hydrogen-bond acceptors (Lipinski definition) is 6. The van der Waals surface area contributed by atoms with Crippen molar-refractivity contribution in [3.63, 3.8) is 0 Å². The number of benzene rings is 2. The molecule has 1 unspecified atom stereocenters. The Bertz CT molecular complexity index is 1580. The highest BCUT2D eigenvalue weighted by Crippen LogP contribution is 2.43. The van der Waals surface area contributed by atoms with Gasteiger partial charge in [-0.1, -0.05) is 17.7 Å². The normalized spacial score (nSPS) is 19.8. The second-order valence-corrected chi connectivity index (χ2v) is 10.2. The van der Waals surface area contributed by atoms with Gasteiger partial charge in [0, 0.05) is 30.1 Å². The van der Waals surface area contributed by atoms with E-state index in [1.54, 1.807) is 26.6 Å². The third-order valence-corrected chi connectivity index (χ3v) is 7.80. The quantitative estimate of drug-likeness (QED) is 0.472. The molecule has 3 aliphatic heterocycles. The van der Waals surface area contributed by atoms with Gasteiger partial charge in [-0.05, 0) is 49.7 Å². The molecule has 200 valence electrons. The minimum atomic E-state index is -3.72. The molecular formula is C27H22ClF2N5O4. The summed E-state index contributed by atoms with van der Waals surface area (Å²) in [4.78, 5) is 30.6. The molecule has 0 saturated heterocycles. The lowest BCUT2D eigenvalue weighted by atomic mass is 9.97. The van der Waals surface area contributed by atoms with Crippen molar-refractivity contribution in [3.8, 4) is 17.6 Å². The third kappa shape index (κ3) is 4.15. The number of carbonyl (C=O) groups excluding carboxylic acids is 2. The van der Waals surface area contributed by atoms with Gasteiger partial charge >= 0.3 is 6.29 Å². The van der Waals surface area contributed by atoms with Crippen LogP contribution in [0, 0.1) is 11.3 Å². The summed E-state index contributed by atoms with van der Waals surface area (Å²) in [5.41, 5.74) is 3.03. The van der Waals surface area contributed by atoms with Gasteiger partial charge in [-0.15, -0.1) is 8.78 Å². The van der Waals surface area contributed by atoms with E-state index in [4.69, 9.17) is 11.6 Å². The van der Waals surface area contributed by atoms with Crippen LogP contribution in [0.3, 0.4) is 0 Å². The predicted molar refractivity (Wildman–Crippen MR) is 134 cm³/mol. The van der Waals surface area contributed by atoms with E-state index in [9.17, 15) is 23.6 Å². The van der Waals surface area contributed by atoms with Crippen molar-refractivity contribution in [3.05, 3.63) is 75.1 Å². The van der Waals surface area contributed by atoms with Gasteiger partial charge in [-0.25, -0.2) is 0 Å². The molecule has 0 radical (unpaired) electrons. The molecule has 0 saturated carbocycles. The van der Waals surface area contributed by atoms with E-state index in [0.29, 0.717) is 41.9 Å². The third-order valence-electron chi connectivity index (χ3n) is 7.47. The van der Waals surface area contributed by atoms with E-state index in [2.05, 4.69) is 14.6 Å². The van der Waals surface area contributed by atoms with Crippen LogP contribution < -0.4 is 9.47 Å². The highest BCUT2D eigenvalue weighted by molar-refractivity contribution is 6.31. The Morgan fingerprint density at radius 1 is 1.21 bits per heavy atom. The second kappa shape index (κ2) is 8.95. The maximum atomic E-state index is 13.8. The van der Waals surface area contributed by atoms with E-state index in [-0.39, 0.29) is 46.5 Å². The largest absolute Gasteiger partial charge is 0.586 e. The molecule has 4 heterocycles. The van der Waals surface area contributed by atoms with E-state index in [1.807, 2.05) is 19.9 Å². The lowest BCUT2D eigenvalue weighted by Gasteiger charge is -2.35. The number of aromatic nitrogens is 2. The number of nitrogens with zero attached hydrogens (tertiary/aromatic N) is 5. The Hall–Kier alpha value is -4.17. The van der Waals surface area contributed by atoms with Crippen molar-refractivity contribution in [1.29, 1.82) is 5.26 Å². The minimum absolute atomic E-state index is 0.0606. The molecule has 39 heavy (non-hydrogen) atoms. The molecule has 0 bridgehead atoms. The maximum absolute atomic E-state index is 13.8. The summed E-state index contributed by atoms with van der Waals surface area (Å²) in [5, 5.41) is 14.3. The number of hydrogen-bond donors (Lipinski definition) is 0. The van der Waals surface area contributed by atoms with Gasteiger partial charge in [0.25, 0.3) is 11.8 Å². The SMILES string of the molecule is CC(c1ccc2c(c1)OC(F)(F)O2)N1CCn2nc3c(c2C1=O)CN(C(=O)c1ccc(Cl)c(C#N)c1)[C@H](C)C3. The van der Waals surface area contributed by atoms with E-state index >= 15 is 0 Å². The maximum Gasteiger partial charge on any atom is 0.586 e. The number of amides is 2. The first-order valence-electron chi connectivity index (χ1n) is 12.4. The molecule has 3 aromatic rings. The molecule has 0 spiro atoms. The molecule has 9 nitrogen and oxygen atoms in total. The van der Waals surface area contributed by atoms with Crippen LogP contribution in [0.5, 0.6) is 11.5 Å². The Kier molecular flexibility index (Phi) is 5.77. The van der Waals surface area contributed by atoms with Gasteiger partial charge in [0.15, 0.2) is 11.5 Å². The van der Waals surface area contributed by atoms with Crippen molar-refractivity contribution in [1.82, 2.24) is 19.6 Å². The Labute approximate surface area is 227 Å². The Balaban J connectivity index is 1.28. The van der Waals surface area contributed by atoms with Crippen LogP contribution in [0.1, 0.15) is 63.1 Å². The molecule has 1 aromatic heterocycles. The van der Waals surface area contributed by atoms with Crippen LogP contribution >= 0.6 is 11.6 Å². The van der Waals surface area contributed by atoms with E-state index in [1.165, 1.54) is 24.3 Å². The zero-order valence-electron chi connectivity index (χ0n) is 21.0. The van der Waals surface area contributed by atoms with Crippen molar-refractivity contribution in [2.75, 3.05) is 6.54 Å². The summed E-state index contributed by atoms with van der Waals surface area (Å²) >= 11 is 6.04. The monoisotopic (exact) mass is 553 g/mol. The van der Waals surface area contributed by atoms with Crippen LogP contribution in [0.15, 0.2) is 36.4 Å². The molecule has 12 heteroatoms. The number of nitriles is 1. The predicted octanol–water partition coefficient (Wildman–Crippen LogP) is 4.53. The minimum Gasteiger partial charge on any atom is -0.395 e. The van der Waals surface area contributed by atoms with Gasteiger partial charge in [0.05, 0.1) is 35.4 Å². The highest BCUT2D eigenvalue weighted by Gasteiger charge is 2.44. The summed E-state index contributed by atoms with van der Waals surface area (Å²) in [6.45, 7) is 4.74. The van der Waals surface area contributed by atoms with Crippen molar-refractivity contribution < 1.29 is 27.8 Å². The smallest absolute Gasteiger partial charge is 0.395 e. The number of halogens is 3. The summed E-state index contributed by atoms with van der Waals surface area (Å²) < 4.78 is 37.7. The zero-order valence-corrected chi connectivity index (χ0v) is 21.7. The van der Waals surface area contributed by atoms with Gasteiger partial charge in [0.1, 0.15) is 11.8 Å². The standard InChI is InChI=1S/C27H22ClF2N5O4/c1-14-9-21-19(13-34(14)25(36)17-3-5-20(28)18(10-17)12-31)24-26(37)33(7-8-35(24)32-21)15(2)16-4-6-22-23(11-16)39-27(29,30)38-22/h3-6,10-11,14-15H,7-9,13H2,1-2H3/t14-,15?/m1/s1. The van der Waals surface area contributed by atoms with Crippen molar-refractivity contribution in [2.45, 2.75) is 51.7 Å². The van der Waals surface area contributed by atoms with E-state index in [0.717, 1.165) is 5.69 Å². The highest BCUT2D eigenvalue weighted by atomic mass is 35.5. The topological polar surface area (TPSA) is 101 Å². The average molecular weight is 554 g/mol. The molecule has 2 atom stereocenters. The van der Waals surface area contributed by atoms with Crippen LogP contribution in [-0.2, 0) is 19.5 Å². The van der Waals surface area contributed by atoms with Gasteiger partial charge < -0.3 is 19.3 Å². The molecule has 6 rings (SSSR count). The molecule has 3 aliphatic rings. The van der Waals surface area contributed by atoms with Gasteiger partial charge in [-0.2, -0.15) is 10.4 Å². The number of alkyl halides is 2. The van der Waals surface area contributed by atoms with Crippen LogP contribution in [0.2, 0.25) is 5.02 Å². The lowest BCUT2D eigenvalue weighted by Crippen LogP contribution is -2.44. The first-order valence-corrected chi connectivity index (χ1v) is 12.7. The Morgan fingerprint density at radius 2 is 1.97 bits per heavy atom. The fraction of sp³-hybridized carbons (Fsp3) is 0.333. The molecule has 2 aromatic carbocycles. The number of rotatable bonds is 3. The number of carbonyl (C=O) groups is 2. The molecule has 2 amide bonds. The average Bonchev–Trinajstić information content (AvgIpc) is 3.42. The number of ether oxygens (including phenoxy) is 2. The summed E-state index contributed by atoms with van der Waals surface area (Å²) in [7, 11) is 0. The summed E-state index contributed by atoms with van der Waals surface area (Å²) in [6, 6.07) is 10.4. The van der Waals surface area contributed by atoms with Crippen molar-refractivity contribution >= 4 is 23.4 Å².